The van der Waals surface area contributed by atoms with Crippen molar-refractivity contribution in [3.63, 3.8) is 0 Å². The summed E-state index contributed by atoms with van der Waals surface area (Å²) in [6.45, 7) is 5.85. The normalized spacial score (nSPS) is 13.2. The van der Waals surface area contributed by atoms with Crippen LogP contribution in [-0.2, 0) is 24.2 Å². The zero-order chi connectivity index (χ0) is 17.1. The van der Waals surface area contributed by atoms with Crippen molar-refractivity contribution in [2.45, 2.75) is 39.7 Å². The van der Waals surface area contributed by atoms with Crippen LogP contribution in [0, 0.1) is 25.2 Å². The maximum absolute atomic E-state index is 12.3. The van der Waals surface area contributed by atoms with Crippen LogP contribution < -0.4 is 10.6 Å². The van der Waals surface area contributed by atoms with Crippen LogP contribution in [-0.4, -0.2) is 12.5 Å². The van der Waals surface area contributed by atoms with Gasteiger partial charge in [0.1, 0.15) is 11.1 Å². The van der Waals surface area contributed by atoms with E-state index in [4.69, 9.17) is 0 Å². The van der Waals surface area contributed by atoms with Crippen LogP contribution in [0.2, 0.25) is 0 Å². The van der Waals surface area contributed by atoms with Crippen molar-refractivity contribution < 1.29 is 4.79 Å². The topological polar surface area (TPSA) is 64.9 Å². The quantitative estimate of drug-likeness (QED) is 0.896. The predicted octanol–water partition coefficient (Wildman–Crippen LogP) is 3.45. The Morgan fingerprint density at radius 2 is 2.25 bits per heavy atom. The smallest absolute Gasteiger partial charge is 0.225 e. The first-order valence-corrected chi connectivity index (χ1v) is 9.02. The number of hydrogen-bond donors (Lipinski definition) is 2. The second kappa shape index (κ2) is 7.16. The first-order chi connectivity index (χ1) is 11.6. The van der Waals surface area contributed by atoms with Crippen LogP contribution in [0.1, 0.15) is 39.1 Å². The number of nitrogens with zero attached hydrogens (tertiary/aromatic N) is 1. The van der Waals surface area contributed by atoms with Crippen molar-refractivity contribution in [3.05, 3.63) is 50.9 Å². The Labute approximate surface area is 146 Å². The Bertz CT molecular complexity index is 817. The van der Waals surface area contributed by atoms with E-state index in [2.05, 4.69) is 42.7 Å². The molecule has 0 fully saturated rings. The average molecular weight is 339 g/mol. The Hall–Kier alpha value is -2.16. The van der Waals surface area contributed by atoms with Gasteiger partial charge in [-0.3, -0.25) is 4.79 Å². The molecule has 0 radical (unpaired) electrons. The van der Waals surface area contributed by atoms with E-state index in [1.807, 2.05) is 6.07 Å². The van der Waals surface area contributed by atoms with Gasteiger partial charge in [-0.2, -0.15) is 5.26 Å². The minimum atomic E-state index is -0.0287. The van der Waals surface area contributed by atoms with Crippen LogP contribution >= 0.6 is 11.3 Å². The van der Waals surface area contributed by atoms with E-state index in [1.165, 1.54) is 32.9 Å². The fraction of sp³-hybridized carbons (Fsp3) is 0.368. The van der Waals surface area contributed by atoms with Gasteiger partial charge in [-0.1, -0.05) is 18.2 Å². The number of carbonyl (C=O) groups is 1. The summed E-state index contributed by atoms with van der Waals surface area (Å²) in [6.07, 6.45) is 2.00. The van der Waals surface area contributed by atoms with Gasteiger partial charge >= 0.3 is 0 Å². The van der Waals surface area contributed by atoms with Crippen molar-refractivity contribution in [3.8, 4) is 6.07 Å². The monoisotopic (exact) mass is 339 g/mol. The number of nitrogens with one attached hydrogen (secondary N) is 2. The zero-order valence-corrected chi connectivity index (χ0v) is 14.8. The Kier molecular flexibility index (Phi) is 4.98. The fourth-order valence-corrected chi connectivity index (χ4v) is 4.24. The van der Waals surface area contributed by atoms with Crippen molar-refractivity contribution in [1.29, 1.82) is 5.26 Å². The highest BCUT2D eigenvalue weighted by atomic mass is 32.1. The third-order valence-electron chi connectivity index (χ3n) is 4.63. The largest absolute Gasteiger partial charge is 0.317 e. The average Bonchev–Trinajstić information content (AvgIpc) is 2.93. The van der Waals surface area contributed by atoms with Gasteiger partial charge in [-0.25, -0.2) is 0 Å². The number of anilines is 1. The zero-order valence-electron chi connectivity index (χ0n) is 14.0. The van der Waals surface area contributed by atoms with Crippen molar-refractivity contribution in [1.82, 2.24) is 5.32 Å². The van der Waals surface area contributed by atoms with Gasteiger partial charge in [-0.05, 0) is 55.5 Å². The molecule has 4 nitrogen and oxygen atoms in total. The molecule has 0 atom stereocenters. The second-order valence-electron chi connectivity index (χ2n) is 6.15. The van der Waals surface area contributed by atoms with Crippen LogP contribution in [0.5, 0.6) is 0 Å². The lowest BCUT2D eigenvalue weighted by Gasteiger charge is -2.11. The first-order valence-electron chi connectivity index (χ1n) is 8.20. The molecule has 1 aromatic heterocycles. The number of amides is 1. The molecular formula is C19H21N3OS. The summed E-state index contributed by atoms with van der Waals surface area (Å²) < 4.78 is 0. The highest BCUT2D eigenvalue weighted by Gasteiger charge is 2.21. The van der Waals surface area contributed by atoms with Crippen molar-refractivity contribution >= 4 is 22.2 Å². The molecule has 1 aliphatic rings. The van der Waals surface area contributed by atoms with Gasteiger partial charge in [0.2, 0.25) is 5.91 Å². The molecule has 5 heteroatoms. The molecule has 124 valence electrons. The number of carbonyl (C=O) groups excluding carboxylic acids is 1. The molecule has 1 aromatic carbocycles. The van der Waals surface area contributed by atoms with Crippen LogP contribution in [0.15, 0.2) is 18.2 Å². The molecule has 2 N–H and O–H groups in total. The number of aryl methyl sites for hydroxylation is 2. The van der Waals surface area contributed by atoms with Gasteiger partial charge in [0.25, 0.3) is 0 Å². The molecule has 1 amide bonds. The Morgan fingerprint density at radius 3 is 3.04 bits per heavy atom. The third kappa shape index (κ3) is 3.35. The van der Waals surface area contributed by atoms with Crippen molar-refractivity contribution in [2.75, 3.05) is 11.9 Å². The molecule has 0 aliphatic carbocycles. The lowest BCUT2D eigenvalue weighted by Crippen LogP contribution is -2.22. The van der Waals surface area contributed by atoms with E-state index >= 15 is 0 Å². The summed E-state index contributed by atoms with van der Waals surface area (Å²) >= 11 is 1.53. The Balaban J connectivity index is 1.68. The number of thiophene rings is 1. The lowest BCUT2D eigenvalue weighted by molar-refractivity contribution is -0.116. The second-order valence-corrected chi connectivity index (χ2v) is 7.26. The molecule has 2 aromatic rings. The summed E-state index contributed by atoms with van der Waals surface area (Å²) in [4.78, 5) is 13.5. The number of nitriles is 1. The molecule has 2 heterocycles. The van der Waals surface area contributed by atoms with Crippen LogP contribution in [0.25, 0.3) is 0 Å². The summed E-state index contributed by atoms with van der Waals surface area (Å²) in [7, 11) is 0. The summed E-state index contributed by atoms with van der Waals surface area (Å²) in [5, 5.41) is 16.4. The molecule has 0 spiro atoms. The highest BCUT2D eigenvalue weighted by molar-refractivity contribution is 7.16. The minimum Gasteiger partial charge on any atom is -0.317 e. The summed E-state index contributed by atoms with van der Waals surface area (Å²) in [5.41, 5.74) is 5.46. The fourth-order valence-electron chi connectivity index (χ4n) is 3.06. The van der Waals surface area contributed by atoms with Gasteiger partial charge in [0, 0.05) is 17.8 Å². The molecule has 1 aliphatic heterocycles. The Morgan fingerprint density at radius 1 is 1.42 bits per heavy atom. The van der Waals surface area contributed by atoms with Gasteiger partial charge in [-0.15, -0.1) is 11.3 Å². The molecule has 24 heavy (non-hydrogen) atoms. The summed E-state index contributed by atoms with van der Waals surface area (Å²) in [5.74, 6) is -0.0287. The number of fused-ring (bicyclic) bond motifs is 1. The van der Waals surface area contributed by atoms with E-state index in [9.17, 15) is 10.1 Å². The number of hydrogen-bond acceptors (Lipinski definition) is 4. The van der Waals surface area contributed by atoms with Crippen molar-refractivity contribution in [2.24, 2.45) is 0 Å². The van der Waals surface area contributed by atoms with Gasteiger partial charge in [0.15, 0.2) is 0 Å². The van der Waals surface area contributed by atoms with Gasteiger partial charge < -0.3 is 10.6 Å². The van der Waals surface area contributed by atoms with Crippen LogP contribution in [0.4, 0.5) is 5.00 Å². The number of rotatable bonds is 4. The van der Waals surface area contributed by atoms with Crippen LogP contribution in [0.3, 0.4) is 0 Å². The van der Waals surface area contributed by atoms with E-state index in [-0.39, 0.29) is 5.91 Å². The predicted molar refractivity (Wildman–Crippen MR) is 97.3 cm³/mol. The van der Waals surface area contributed by atoms with E-state index in [0.717, 1.165) is 25.1 Å². The molecule has 0 saturated carbocycles. The standard InChI is InChI=1S/C19H21N3OS/c1-12-4-3-5-14(13(12)2)6-7-18(23)22-19-16(10-20)15-8-9-21-11-17(15)24-19/h3-5,21H,6-9,11H2,1-2H3,(H,22,23). The molecule has 3 rings (SSSR count). The number of benzene rings is 1. The summed E-state index contributed by atoms with van der Waals surface area (Å²) in [6, 6.07) is 8.46. The maximum Gasteiger partial charge on any atom is 0.225 e. The van der Waals surface area contributed by atoms with E-state index in [1.54, 1.807) is 0 Å². The molecule has 0 bridgehead atoms. The highest BCUT2D eigenvalue weighted by Crippen LogP contribution is 2.34. The lowest BCUT2D eigenvalue weighted by atomic mass is 9.99. The maximum atomic E-state index is 12.3. The first kappa shape index (κ1) is 16.7. The molecular weight excluding hydrogens is 318 g/mol. The molecule has 0 unspecified atom stereocenters. The SMILES string of the molecule is Cc1cccc(CCC(=O)Nc2sc3c(c2C#N)CCNC3)c1C. The third-order valence-corrected chi connectivity index (χ3v) is 5.78. The van der Waals surface area contributed by atoms with E-state index < -0.39 is 0 Å². The van der Waals surface area contributed by atoms with E-state index in [0.29, 0.717) is 23.4 Å². The minimum absolute atomic E-state index is 0.0287. The molecule has 0 saturated heterocycles. The van der Waals surface area contributed by atoms with Gasteiger partial charge in [0.05, 0.1) is 5.56 Å².